The van der Waals surface area contributed by atoms with Crippen LogP contribution in [-0.4, -0.2) is 6.71 Å². The minimum Gasteiger partial charge on any atom is -0.311 e. The Bertz CT molecular complexity index is 3610. The molecular formula is C71H69BN2. The summed E-state index contributed by atoms with van der Waals surface area (Å²) in [6.07, 6.45) is 0. The third-order valence-electron chi connectivity index (χ3n) is 16.6. The second-order valence-electron chi connectivity index (χ2n) is 25.4. The molecule has 12 rings (SSSR count). The quantitative estimate of drug-likeness (QED) is 0.159. The smallest absolute Gasteiger partial charge is 0.252 e. The molecule has 0 fully saturated rings. The van der Waals surface area contributed by atoms with Crippen LogP contribution in [0.25, 0.3) is 22.3 Å². The maximum atomic E-state index is 2.63. The first-order valence-electron chi connectivity index (χ1n) is 26.9. The maximum absolute atomic E-state index is 2.63. The van der Waals surface area contributed by atoms with E-state index in [9.17, 15) is 0 Å². The van der Waals surface area contributed by atoms with E-state index in [0.717, 1.165) is 5.69 Å². The summed E-state index contributed by atoms with van der Waals surface area (Å²) in [5, 5.41) is 0. The van der Waals surface area contributed by atoms with Crippen LogP contribution in [0.4, 0.5) is 34.1 Å². The Morgan fingerprint density at radius 2 is 0.784 bits per heavy atom. The molecule has 0 saturated carbocycles. The van der Waals surface area contributed by atoms with Gasteiger partial charge in [-0.2, -0.15) is 0 Å². The van der Waals surface area contributed by atoms with Crippen LogP contribution in [0.15, 0.2) is 200 Å². The van der Waals surface area contributed by atoms with Crippen LogP contribution in [0.1, 0.15) is 128 Å². The van der Waals surface area contributed by atoms with Gasteiger partial charge in [0.15, 0.2) is 0 Å². The Morgan fingerprint density at radius 3 is 1.32 bits per heavy atom. The molecule has 3 heteroatoms. The van der Waals surface area contributed by atoms with Gasteiger partial charge in [0.2, 0.25) is 0 Å². The molecule has 366 valence electrons. The zero-order chi connectivity index (χ0) is 51.7. The lowest BCUT2D eigenvalue weighted by Gasteiger charge is -2.46. The molecule has 74 heavy (non-hydrogen) atoms. The van der Waals surface area contributed by atoms with Crippen molar-refractivity contribution in [3.63, 3.8) is 0 Å². The molecule has 0 amide bonds. The molecule has 0 radical (unpaired) electrons. The van der Waals surface area contributed by atoms with Gasteiger partial charge >= 0.3 is 0 Å². The van der Waals surface area contributed by atoms with E-state index < -0.39 is 5.41 Å². The summed E-state index contributed by atoms with van der Waals surface area (Å²) in [6, 6.07) is 77.2. The molecule has 9 aromatic carbocycles. The fourth-order valence-corrected chi connectivity index (χ4v) is 12.6. The van der Waals surface area contributed by atoms with Gasteiger partial charge < -0.3 is 9.80 Å². The minimum absolute atomic E-state index is 0.0137. The Hall–Kier alpha value is -7.36. The van der Waals surface area contributed by atoms with Crippen molar-refractivity contribution < 1.29 is 0 Å². The predicted molar refractivity (Wildman–Crippen MR) is 318 cm³/mol. The minimum atomic E-state index is -0.539. The number of hydrogen-bond acceptors (Lipinski definition) is 2. The molecule has 0 spiro atoms. The zero-order valence-electron chi connectivity index (χ0n) is 45.5. The molecule has 0 N–H and O–H groups in total. The first kappa shape index (κ1) is 47.6. The third-order valence-corrected chi connectivity index (χ3v) is 16.6. The fourth-order valence-electron chi connectivity index (χ4n) is 12.6. The van der Waals surface area contributed by atoms with E-state index >= 15 is 0 Å². The second kappa shape index (κ2) is 16.8. The van der Waals surface area contributed by atoms with Crippen molar-refractivity contribution >= 4 is 57.2 Å². The zero-order valence-corrected chi connectivity index (χ0v) is 45.5. The highest BCUT2D eigenvalue weighted by Gasteiger charge is 2.48. The van der Waals surface area contributed by atoms with Crippen molar-refractivity contribution in [3.8, 4) is 22.3 Å². The highest BCUT2D eigenvalue weighted by Crippen LogP contribution is 2.59. The number of rotatable bonds is 5. The molecule has 3 aliphatic rings. The van der Waals surface area contributed by atoms with Gasteiger partial charge in [-0.05, 0) is 153 Å². The van der Waals surface area contributed by atoms with E-state index in [0.29, 0.717) is 0 Å². The molecular weight excluding hydrogens is 892 g/mol. The summed E-state index contributed by atoms with van der Waals surface area (Å²) in [7, 11) is 0. The summed E-state index contributed by atoms with van der Waals surface area (Å²) in [5.41, 5.74) is 26.1. The number of anilines is 6. The van der Waals surface area contributed by atoms with Gasteiger partial charge in [-0.3, -0.25) is 0 Å². The van der Waals surface area contributed by atoms with Crippen molar-refractivity contribution in [3.05, 3.63) is 245 Å². The van der Waals surface area contributed by atoms with Crippen LogP contribution in [-0.2, 0) is 27.1 Å². The molecule has 0 unspecified atom stereocenters. The summed E-state index contributed by atoms with van der Waals surface area (Å²) >= 11 is 0. The highest BCUT2D eigenvalue weighted by atomic mass is 15.2. The standard InChI is InChI=1S/C71H69BN2/c1-67(2,3)47-33-37-53(38-34-47)73-61-42-50(68(4,5)6)35-39-59(61)72-60-40-36-51(69(7,8)9)43-62(60)74(64-45-52(70(10,11)12)44-63(73)66(64)72)54-28-21-23-46(41-54)55-30-22-31-57-56-29-19-20-32-58(56)71(65(55)57,48-24-15-13-16-25-48)49-26-17-14-18-27-49/h13-45H,1-12H3. The van der Waals surface area contributed by atoms with Gasteiger partial charge in [-0.25, -0.2) is 0 Å². The van der Waals surface area contributed by atoms with Gasteiger partial charge in [0.25, 0.3) is 6.71 Å². The van der Waals surface area contributed by atoms with Crippen LogP contribution < -0.4 is 26.2 Å². The van der Waals surface area contributed by atoms with E-state index in [4.69, 9.17) is 0 Å². The van der Waals surface area contributed by atoms with E-state index in [1.54, 1.807) is 0 Å². The summed E-state index contributed by atoms with van der Waals surface area (Å²) in [6.45, 7) is 28.1. The summed E-state index contributed by atoms with van der Waals surface area (Å²) in [5.74, 6) is 0. The fraction of sp³-hybridized carbons (Fsp3) is 0.239. The Kier molecular flexibility index (Phi) is 10.8. The van der Waals surface area contributed by atoms with Crippen LogP contribution >= 0.6 is 0 Å². The van der Waals surface area contributed by atoms with E-state index in [1.807, 2.05) is 0 Å². The second-order valence-corrected chi connectivity index (χ2v) is 25.4. The third kappa shape index (κ3) is 7.44. The largest absolute Gasteiger partial charge is 0.311 e. The average molecular weight is 961 g/mol. The van der Waals surface area contributed by atoms with E-state index in [-0.39, 0.29) is 28.4 Å². The van der Waals surface area contributed by atoms with Gasteiger partial charge in [0, 0.05) is 34.1 Å². The number of fused-ring (bicyclic) bond motifs is 7. The Balaban J connectivity index is 1.15. The monoisotopic (exact) mass is 961 g/mol. The van der Waals surface area contributed by atoms with Crippen LogP contribution in [0.2, 0.25) is 0 Å². The van der Waals surface area contributed by atoms with Crippen LogP contribution in [0.5, 0.6) is 0 Å². The normalized spacial score (nSPS) is 14.5. The number of hydrogen-bond donors (Lipinski definition) is 0. The molecule has 9 aromatic rings. The molecule has 0 bridgehead atoms. The topological polar surface area (TPSA) is 6.48 Å². The first-order valence-corrected chi connectivity index (χ1v) is 26.9. The molecule has 2 aliphatic heterocycles. The van der Waals surface area contributed by atoms with Gasteiger partial charge in [0.05, 0.1) is 5.41 Å². The number of benzene rings is 9. The lowest BCUT2D eigenvalue weighted by Crippen LogP contribution is -2.61. The molecule has 0 saturated heterocycles. The molecule has 1 aliphatic carbocycles. The molecule has 2 nitrogen and oxygen atoms in total. The van der Waals surface area contributed by atoms with Crippen molar-refractivity contribution in [2.24, 2.45) is 0 Å². The van der Waals surface area contributed by atoms with E-state index in [1.165, 1.54) is 112 Å². The SMILES string of the molecule is CC(C)(C)c1ccc(N2c3cc(C(C)(C)C)ccc3B3c4ccc(C(C)(C)C)cc4N(c4cccc(-c5cccc6c5C(c5ccccc5)(c5ccccc5)c5ccccc5-6)c4)c4cc(C(C)(C)C)cc2c43)cc1. The molecule has 2 heterocycles. The van der Waals surface area contributed by atoms with Crippen molar-refractivity contribution in [1.82, 2.24) is 0 Å². The molecule has 0 aromatic heterocycles. The summed E-state index contributed by atoms with van der Waals surface area (Å²) < 4.78 is 0. The van der Waals surface area contributed by atoms with Crippen LogP contribution in [0.3, 0.4) is 0 Å². The van der Waals surface area contributed by atoms with E-state index in [2.05, 4.69) is 293 Å². The van der Waals surface area contributed by atoms with Crippen molar-refractivity contribution in [2.75, 3.05) is 9.80 Å². The van der Waals surface area contributed by atoms with Gasteiger partial charge in [0.1, 0.15) is 0 Å². The molecule has 0 atom stereocenters. The lowest BCUT2D eigenvalue weighted by atomic mass is 9.33. The van der Waals surface area contributed by atoms with Crippen LogP contribution in [0, 0.1) is 0 Å². The summed E-state index contributed by atoms with van der Waals surface area (Å²) in [4.78, 5) is 5.23. The first-order chi connectivity index (χ1) is 35.2. The Morgan fingerprint density at radius 1 is 0.338 bits per heavy atom. The average Bonchev–Trinajstić information content (AvgIpc) is 3.69. The van der Waals surface area contributed by atoms with Gasteiger partial charge in [-0.15, -0.1) is 0 Å². The lowest BCUT2D eigenvalue weighted by molar-refractivity contribution is 0.589. The maximum Gasteiger partial charge on any atom is 0.252 e. The highest BCUT2D eigenvalue weighted by molar-refractivity contribution is 7.00. The predicted octanol–water partition coefficient (Wildman–Crippen LogP) is 17.0. The van der Waals surface area contributed by atoms with Crippen molar-refractivity contribution in [2.45, 2.75) is 110 Å². The van der Waals surface area contributed by atoms with Crippen molar-refractivity contribution in [1.29, 1.82) is 0 Å². The Labute approximate surface area is 441 Å². The number of nitrogens with zero attached hydrogens (tertiary/aromatic N) is 2. The van der Waals surface area contributed by atoms with Gasteiger partial charge in [-0.1, -0.05) is 235 Å².